The van der Waals surface area contributed by atoms with Crippen LogP contribution in [-0.2, 0) is 13.1 Å². The summed E-state index contributed by atoms with van der Waals surface area (Å²) < 4.78 is 3.43. The Morgan fingerprint density at radius 1 is 1.28 bits per heavy atom. The van der Waals surface area contributed by atoms with Crippen molar-refractivity contribution in [1.82, 2.24) is 4.57 Å². The van der Waals surface area contributed by atoms with E-state index in [1.807, 2.05) is 0 Å². The average Bonchev–Trinajstić information content (AvgIpc) is 2.76. The Labute approximate surface area is 117 Å². The zero-order valence-corrected chi connectivity index (χ0v) is 12.5. The highest BCUT2D eigenvalue weighted by atomic mass is 79.9. The van der Waals surface area contributed by atoms with Crippen LogP contribution in [0.1, 0.15) is 24.6 Å². The molecule has 18 heavy (non-hydrogen) atoms. The first-order valence-corrected chi connectivity index (χ1v) is 7.14. The van der Waals surface area contributed by atoms with Crippen LogP contribution in [0.3, 0.4) is 0 Å². The van der Waals surface area contributed by atoms with E-state index in [0.717, 1.165) is 17.6 Å². The van der Waals surface area contributed by atoms with Gasteiger partial charge in [0.1, 0.15) is 0 Å². The first-order valence-electron chi connectivity index (χ1n) is 6.34. The number of nitrogens with zero attached hydrogens (tertiary/aromatic N) is 1. The van der Waals surface area contributed by atoms with Crippen molar-refractivity contribution in [3.63, 3.8) is 0 Å². The zero-order chi connectivity index (χ0) is 13.0. The Bertz CT molecular complexity index is 517. The monoisotopic (exact) mass is 306 g/mol. The molecule has 0 unspecified atom stereocenters. The highest BCUT2D eigenvalue weighted by Crippen LogP contribution is 2.20. The first kappa shape index (κ1) is 13.2. The second-order valence-corrected chi connectivity index (χ2v) is 5.42. The molecule has 0 aliphatic carbocycles. The average molecular weight is 307 g/mol. The molecule has 0 atom stereocenters. The van der Waals surface area contributed by atoms with Crippen molar-refractivity contribution in [3.8, 4) is 0 Å². The fraction of sp³-hybridized carbons (Fsp3) is 0.333. The lowest BCUT2D eigenvalue weighted by atomic mass is 10.2. The fourth-order valence-electron chi connectivity index (χ4n) is 2.08. The lowest BCUT2D eigenvalue weighted by Crippen LogP contribution is -2.07. The Hall–Kier alpha value is -1.22. The molecule has 0 spiro atoms. The molecular formula is C15H19BrN2. The molecule has 0 fully saturated rings. The van der Waals surface area contributed by atoms with Crippen LogP contribution >= 0.6 is 15.9 Å². The normalized spacial score (nSPS) is 10.6. The molecule has 0 saturated carbocycles. The van der Waals surface area contributed by atoms with Gasteiger partial charge in [0.15, 0.2) is 0 Å². The molecule has 0 saturated heterocycles. The number of anilines is 1. The van der Waals surface area contributed by atoms with Gasteiger partial charge in [0.2, 0.25) is 0 Å². The standard InChI is InChI=1S/C15H19BrN2/c1-3-8-18-9-4-5-14(18)11-17-15-7-6-13(16)10-12(15)2/h4-7,9-10,17H,3,8,11H2,1-2H3. The lowest BCUT2D eigenvalue weighted by molar-refractivity contribution is 0.654. The molecule has 0 aliphatic rings. The Kier molecular flexibility index (Phi) is 4.48. The van der Waals surface area contributed by atoms with Crippen molar-refractivity contribution in [3.05, 3.63) is 52.3 Å². The van der Waals surface area contributed by atoms with Crippen molar-refractivity contribution in [2.45, 2.75) is 33.4 Å². The van der Waals surface area contributed by atoms with E-state index >= 15 is 0 Å². The summed E-state index contributed by atoms with van der Waals surface area (Å²) in [6.45, 7) is 6.28. The molecule has 2 rings (SSSR count). The van der Waals surface area contributed by atoms with Crippen molar-refractivity contribution in [2.75, 3.05) is 5.32 Å². The Morgan fingerprint density at radius 2 is 2.11 bits per heavy atom. The highest BCUT2D eigenvalue weighted by Gasteiger charge is 2.02. The Balaban J connectivity index is 2.04. The number of hydrogen-bond donors (Lipinski definition) is 1. The molecule has 96 valence electrons. The third-order valence-electron chi connectivity index (χ3n) is 3.04. The van der Waals surface area contributed by atoms with Gasteiger partial charge in [-0.05, 0) is 49.2 Å². The van der Waals surface area contributed by atoms with Crippen LogP contribution in [0.2, 0.25) is 0 Å². The van der Waals surface area contributed by atoms with Crippen LogP contribution in [0.25, 0.3) is 0 Å². The van der Waals surface area contributed by atoms with Crippen LogP contribution in [0.4, 0.5) is 5.69 Å². The van der Waals surface area contributed by atoms with E-state index in [1.165, 1.54) is 23.4 Å². The van der Waals surface area contributed by atoms with Crippen molar-refractivity contribution in [1.29, 1.82) is 0 Å². The largest absolute Gasteiger partial charge is 0.379 e. The SMILES string of the molecule is CCCn1cccc1CNc1ccc(Br)cc1C. The quantitative estimate of drug-likeness (QED) is 0.855. The van der Waals surface area contributed by atoms with E-state index in [-0.39, 0.29) is 0 Å². The second-order valence-electron chi connectivity index (χ2n) is 4.51. The summed E-state index contributed by atoms with van der Waals surface area (Å²) in [6, 6.07) is 10.6. The maximum absolute atomic E-state index is 3.50. The number of nitrogens with one attached hydrogen (secondary N) is 1. The smallest absolute Gasteiger partial charge is 0.0553 e. The van der Waals surface area contributed by atoms with E-state index in [1.54, 1.807) is 0 Å². The van der Waals surface area contributed by atoms with E-state index in [0.29, 0.717) is 0 Å². The van der Waals surface area contributed by atoms with Gasteiger partial charge in [-0.15, -0.1) is 0 Å². The number of aromatic nitrogens is 1. The molecule has 1 N–H and O–H groups in total. The number of rotatable bonds is 5. The first-order chi connectivity index (χ1) is 8.70. The molecule has 0 amide bonds. The lowest BCUT2D eigenvalue weighted by Gasteiger charge is -2.12. The fourth-order valence-corrected chi connectivity index (χ4v) is 2.56. The third-order valence-corrected chi connectivity index (χ3v) is 3.53. The van der Waals surface area contributed by atoms with Gasteiger partial charge >= 0.3 is 0 Å². The predicted octanol–water partition coefficient (Wildman–Crippen LogP) is 4.58. The van der Waals surface area contributed by atoms with Gasteiger partial charge in [-0.1, -0.05) is 22.9 Å². The van der Waals surface area contributed by atoms with Gasteiger partial charge in [0.25, 0.3) is 0 Å². The minimum absolute atomic E-state index is 0.871. The van der Waals surface area contributed by atoms with Crippen molar-refractivity contribution >= 4 is 21.6 Å². The molecule has 1 heterocycles. The molecule has 3 heteroatoms. The van der Waals surface area contributed by atoms with Crippen LogP contribution in [0.5, 0.6) is 0 Å². The molecule has 1 aromatic carbocycles. The van der Waals surface area contributed by atoms with Gasteiger partial charge in [-0.25, -0.2) is 0 Å². The van der Waals surface area contributed by atoms with Gasteiger partial charge in [0, 0.05) is 28.6 Å². The van der Waals surface area contributed by atoms with Crippen LogP contribution < -0.4 is 5.32 Å². The Morgan fingerprint density at radius 3 is 2.83 bits per heavy atom. The molecule has 2 aromatic rings. The predicted molar refractivity (Wildman–Crippen MR) is 80.9 cm³/mol. The van der Waals surface area contributed by atoms with Crippen LogP contribution in [0.15, 0.2) is 41.0 Å². The maximum Gasteiger partial charge on any atom is 0.0553 e. The second kappa shape index (κ2) is 6.10. The van der Waals surface area contributed by atoms with Crippen LogP contribution in [0, 0.1) is 6.92 Å². The summed E-state index contributed by atoms with van der Waals surface area (Å²) in [5, 5.41) is 3.50. The topological polar surface area (TPSA) is 17.0 Å². The third kappa shape index (κ3) is 3.16. The number of aryl methyl sites for hydroxylation is 2. The van der Waals surface area contributed by atoms with E-state index in [4.69, 9.17) is 0 Å². The summed E-state index contributed by atoms with van der Waals surface area (Å²) >= 11 is 3.49. The summed E-state index contributed by atoms with van der Waals surface area (Å²) in [5.74, 6) is 0. The highest BCUT2D eigenvalue weighted by molar-refractivity contribution is 9.10. The number of benzene rings is 1. The molecule has 0 radical (unpaired) electrons. The molecule has 0 aliphatic heterocycles. The zero-order valence-electron chi connectivity index (χ0n) is 10.9. The summed E-state index contributed by atoms with van der Waals surface area (Å²) in [5.41, 5.74) is 3.79. The number of hydrogen-bond acceptors (Lipinski definition) is 1. The van der Waals surface area contributed by atoms with Gasteiger partial charge < -0.3 is 9.88 Å². The van der Waals surface area contributed by atoms with E-state index in [9.17, 15) is 0 Å². The summed E-state index contributed by atoms with van der Waals surface area (Å²) in [6.07, 6.45) is 3.31. The van der Waals surface area contributed by atoms with Gasteiger partial charge in [0.05, 0.1) is 6.54 Å². The molecular weight excluding hydrogens is 288 g/mol. The van der Waals surface area contributed by atoms with E-state index < -0.39 is 0 Å². The van der Waals surface area contributed by atoms with E-state index in [2.05, 4.69) is 76.2 Å². The summed E-state index contributed by atoms with van der Waals surface area (Å²) in [4.78, 5) is 0. The number of halogens is 1. The van der Waals surface area contributed by atoms with Gasteiger partial charge in [-0.3, -0.25) is 0 Å². The molecule has 1 aromatic heterocycles. The summed E-state index contributed by atoms with van der Waals surface area (Å²) in [7, 11) is 0. The van der Waals surface area contributed by atoms with Crippen molar-refractivity contribution < 1.29 is 0 Å². The van der Waals surface area contributed by atoms with Gasteiger partial charge in [-0.2, -0.15) is 0 Å². The molecule has 2 nitrogen and oxygen atoms in total. The van der Waals surface area contributed by atoms with Crippen molar-refractivity contribution in [2.24, 2.45) is 0 Å². The minimum Gasteiger partial charge on any atom is -0.379 e. The van der Waals surface area contributed by atoms with Crippen LogP contribution in [-0.4, -0.2) is 4.57 Å². The minimum atomic E-state index is 0.871. The molecule has 0 bridgehead atoms. The maximum atomic E-state index is 3.50.